The minimum absolute atomic E-state index is 0.202. The van der Waals surface area contributed by atoms with Gasteiger partial charge in [0, 0.05) is 0 Å². The van der Waals surface area contributed by atoms with Gasteiger partial charge in [0.25, 0.3) is 11.8 Å². The monoisotopic (exact) mass is 246 g/mol. The fraction of sp³-hybridized carbons (Fsp3) is 0.308. The number of fused-ring (bicyclic) bond motifs is 1. The smallest absolute Gasteiger partial charge is 0.262 e. The van der Waals surface area contributed by atoms with Crippen LogP contribution in [0.5, 0.6) is 0 Å². The quantitative estimate of drug-likeness (QED) is 0.711. The maximum atomic E-state index is 12.0. The molecular formula is C13H12NO4-. The molecule has 0 saturated carbocycles. The number of nitrogens with zero attached hydrogens (tertiary/aromatic N) is 1. The largest absolute Gasteiger partial charge is 0.548 e. The van der Waals surface area contributed by atoms with E-state index in [9.17, 15) is 19.5 Å². The molecule has 2 rings (SSSR count). The highest BCUT2D eigenvalue weighted by Gasteiger charge is 2.39. The molecule has 1 aliphatic heterocycles. The van der Waals surface area contributed by atoms with Crippen LogP contribution in [0.2, 0.25) is 0 Å². The Kier molecular flexibility index (Phi) is 3.14. The average molecular weight is 246 g/mol. The second-order valence-corrected chi connectivity index (χ2v) is 4.15. The first-order chi connectivity index (χ1) is 8.57. The zero-order chi connectivity index (χ0) is 13.3. The van der Waals surface area contributed by atoms with Crippen LogP contribution in [0.15, 0.2) is 24.3 Å². The second-order valence-electron chi connectivity index (χ2n) is 4.15. The summed E-state index contributed by atoms with van der Waals surface area (Å²) in [5.74, 6) is -2.51. The minimum atomic E-state index is -1.40. The van der Waals surface area contributed by atoms with Gasteiger partial charge in [-0.3, -0.25) is 14.5 Å². The topological polar surface area (TPSA) is 77.5 Å². The molecule has 0 fully saturated rings. The van der Waals surface area contributed by atoms with Gasteiger partial charge >= 0.3 is 0 Å². The van der Waals surface area contributed by atoms with Crippen molar-refractivity contribution in [3.63, 3.8) is 0 Å². The number of aliphatic carboxylic acids is 1. The first-order valence-corrected chi connectivity index (χ1v) is 5.75. The predicted molar refractivity (Wildman–Crippen MR) is 60.6 cm³/mol. The number of hydrogen-bond donors (Lipinski definition) is 0. The van der Waals surface area contributed by atoms with E-state index >= 15 is 0 Å². The molecule has 0 unspecified atom stereocenters. The molecule has 1 aromatic carbocycles. The van der Waals surface area contributed by atoms with Crippen molar-refractivity contribution in [1.29, 1.82) is 0 Å². The number of benzene rings is 1. The third-order valence-electron chi connectivity index (χ3n) is 2.97. The van der Waals surface area contributed by atoms with Gasteiger partial charge in [-0.15, -0.1) is 0 Å². The maximum Gasteiger partial charge on any atom is 0.262 e. The van der Waals surface area contributed by atoms with E-state index in [4.69, 9.17) is 0 Å². The Morgan fingerprint density at radius 3 is 2.11 bits per heavy atom. The van der Waals surface area contributed by atoms with Crippen molar-refractivity contribution in [3.05, 3.63) is 35.4 Å². The molecule has 1 atom stereocenters. The van der Waals surface area contributed by atoms with Crippen molar-refractivity contribution in [3.8, 4) is 0 Å². The molecule has 0 saturated heterocycles. The molecule has 2 amide bonds. The van der Waals surface area contributed by atoms with Crippen LogP contribution in [0.4, 0.5) is 0 Å². The lowest BCUT2D eigenvalue weighted by Gasteiger charge is -2.26. The molecule has 1 aromatic rings. The molecule has 18 heavy (non-hydrogen) atoms. The van der Waals surface area contributed by atoms with Crippen LogP contribution in [0.3, 0.4) is 0 Å². The van der Waals surface area contributed by atoms with Crippen LogP contribution in [-0.4, -0.2) is 28.7 Å². The van der Waals surface area contributed by atoms with Crippen LogP contribution in [0.25, 0.3) is 0 Å². The van der Waals surface area contributed by atoms with Gasteiger partial charge in [-0.2, -0.15) is 0 Å². The van der Waals surface area contributed by atoms with Crippen LogP contribution in [0, 0.1) is 0 Å². The van der Waals surface area contributed by atoms with Crippen molar-refractivity contribution in [2.24, 2.45) is 0 Å². The Bertz CT molecular complexity index is 488. The van der Waals surface area contributed by atoms with Gasteiger partial charge in [-0.05, 0) is 18.6 Å². The van der Waals surface area contributed by atoms with Crippen molar-refractivity contribution in [2.75, 3.05) is 0 Å². The molecule has 0 spiro atoms. The maximum absolute atomic E-state index is 12.0. The van der Waals surface area contributed by atoms with Gasteiger partial charge in [-0.1, -0.05) is 25.5 Å². The fourth-order valence-electron chi connectivity index (χ4n) is 2.12. The van der Waals surface area contributed by atoms with E-state index in [0.29, 0.717) is 6.42 Å². The van der Waals surface area contributed by atoms with E-state index < -0.39 is 23.8 Å². The number of carbonyl (C=O) groups excluding carboxylic acids is 3. The number of carbonyl (C=O) groups is 3. The van der Waals surface area contributed by atoms with Gasteiger partial charge in [-0.25, -0.2) is 0 Å². The molecule has 0 bridgehead atoms. The SMILES string of the molecule is CCC[C@H](C(=O)[O-])N1C(=O)c2ccccc2C1=O. The van der Waals surface area contributed by atoms with Gasteiger partial charge in [0.1, 0.15) is 0 Å². The third kappa shape index (κ3) is 1.77. The molecule has 1 aliphatic rings. The highest BCUT2D eigenvalue weighted by Crippen LogP contribution is 2.25. The summed E-state index contributed by atoms with van der Waals surface area (Å²) in [6.45, 7) is 1.79. The Hall–Kier alpha value is -2.17. The van der Waals surface area contributed by atoms with E-state index in [1.165, 1.54) is 12.1 Å². The van der Waals surface area contributed by atoms with Crippen LogP contribution in [-0.2, 0) is 4.79 Å². The van der Waals surface area contributed by atoms with Gasteiger partial charge in [0.2, 0.25) is 0 Å². The summed E-state index contributed by atoms with van der Waals surface area (Å²) < 4.78 is 0. The normalized spacial score (nSPS) is 15.7. The molecule has 5 heteroatoms. The van der Waals surface area contributed by atoms with E-state index in [-0.39, 0.29) is 17.5 Å². The van der Waals surface area contributed by atoms with Crippen molar-refractivity contribution >= 4 is 17.8 Å². The van der Waals surface area contributed by atoms with Crippen molar-refractivity contribution < 1.29 is 19.5 Å². The number of imide groups is 1. The van der Waals surface area contributed by atoms with Crippen LogP contribution in [0.1, 0.15) is 40.5 Å². The summed E-state index contributed by atoms with van der Waals surface area (Å²) in [4.78, 5) is 35.9. The predicted octanol–water partition coefficient (Wildman–Crippen LogP) is 0.201. The van der Waals surface area contributed by atoms with Gasteiger partial charge in [0.15, 0.2) is 0 Å². The first kappa shape index (κ1) is 12.3. The lowest BCUT2D eigenvalue weighted by atomic mass is 10.1. The van der Waals surface area contributed by atoms with Crippen LogP contribution < -0.4 is 5.11 Å². The number of rotatable bonds is 4. The lowest BCUT2D eigenvalue weighted by Crippen LogP contribution is -2.50. The number of carboxylic acids is 1. The summed E-state index contributed by atoms with van der Waals surface area (Å²) in [5.41, 5.74) is 0.509. The van der Waals surface area contributed by atoms with Crippen molar-refractivity contribution in [2.45, 2.75) is 25.8 Å². The Labute approximate surface area is 104 Å². The summed E-state index contributed by atoms with van der Waals surface area (Å²) in [6.07, 6.45) is 0.750. The molecule has 1 heterocycles. The Morgan fingerprint density at radius 2 is 1.72 bits per heavy atom. The summed E-state index contributed by atoms with van der Waals surface area (Å²) in [6, 6.07) is 5.13. The fourth-order valence-corrected chi connectivity index (χ4v) is 2.12. The standard InChI is InChI=1S/C13H13NO4/c1-2-5-10(13(17)18)14-11(15)8-6-3-4-7-9(8)12(14)16/h3-4,6-7,10H,2,5H2,1H3,(H,17,18)/p-1/t10-/m1/s1. The van der Waals surface area contributed by atoms with E-state index in [1.54, 1.807) is 19.1 Å². The average Bonchev–Trinajstić information content (AvgIpc) is 2.60. The molecule has 94 valence electrons. The summed E-state index contributed by atoms with van der Waals surface area (Å²) in [7, 11) is 0. The number of carboxylic acid groups (broad SMARTS) is 1. The molecule has 0 radical (unpaired) electrons. The Balaban J connectivity index is 2.41. The van der Waals surface area contributed by atoms with E-state index in [1.807, 2.05) is 0 Å². The summed E-state index contributed by atoms with van der Waals surface area (Å²) >= 11 is 0. The Morgan fingerprint density at radius 1 is 1.22 bits per heavy atom. The van der Waals surface area contributed by atoms with E-state index in [2.05, 4.69) is 0 Å². The summed E-state index contributed by atoms with van der Waals surface area (Å²) in [5, 5.41) is 11.1. The highest BCUT2D eigenvalue weighted by molar-refractivity contribution is 6.22. The van der Waals surface area contributed by atoms with Gasteiger partial charge in [0.05, 0.1) is 23.1 Å². The minimum Gasteiger partial charge on any atom is -0.548 e. The van der Waals surface area contributed by atoms with Gasteiger partial charge < -0.3 is 9.90 Å². The molecule has 0 N–H and O–H groups in total. The third-order valence-corrected chi connectivity index (χ3v) is 2.97. The first-order valence-electron chi connectivity index (χ1n) is 5.75. The zero-order valence-corrected chi connectivity index (χ0v) is 9.88. The molecular weight excluding hydrogens is 234 g/mol. The van der Waals surface area contributed by atoms with E-state index in [0.717, 1.165) is 4.90 Å². The lowest BCUT2D eigenvalue weighted by molar-refractivity contribution is -0.310. The zero-order valence-electron chi connectivity index (χ0n) is 9.88. The highest BCUT2D eigenvalue weighted by atomic mass is 16.4. The second kappa shape index (κ2) is 4.60. The molecule has 0 aliphatic carbocycles. The number of amides is 2. The molecule has 0 aromatic heterocycles. The molecule has 5 nitrogen and oxygen atoms in total. The van der Waals surface area contributed by atoms with Crippen LogP contribution >= 0.6 is 0 Å². The number of hydrogen-bond acceptors (Lipinski definition) is 4. The van der Waals surface area contributed by atoms with Crippen molar-refractivity contribution in [1.82, 2.24) is 4.90 Å².